The van der Waals surface area contributed by atoms with E-state index in [0.29, 0.717) is 19.0 Å². The van der Waals surface area contributed by atoms with Crippen molar-refractivity contribution < 1.29 is 4.79 Å². The van der Waals surface area contributed by atoms with Gasteiger partial charge in [-0.3, -0.25) is 4.79 Å². The van der Waals surface area contributed by atoms with Crippen LogP contribution in [0.1, 0.15) is 33.3 Å². The highest BCUT2D eigenvalue weighted by Crippen LogP contribution is 2.22. The second kappa shape index (κ2) is 8.44. The van der Waals surface area contributed by atoms with Crippen LogP contribution < -0.4 is 15.5 Å². The van der Waals surface area contributed by atoms with Gasteiger partial charge < -0.3 is 15.5 Å². The number of nitrogens with zero attached hydrogens (tertiary/aromatic N) is 3. The molecule has 0 unspecified atom stereocenters. The fourth-order valence-corrected chi connectivity index (χ4v) is 2.04. The molecule has 21 heavy (non-hydrogen) atoms. The molecule has 2 N–H and O–H groups in total. The largest absolute Gasteiger partial charge is 0.370 e. The molecule has 1 heterocycles. The van der Waals surface area contributed by atoms with Gasteiger partial charge in [-0.15, -0.1) is 0 Å². The number of hydrogen-bond donors (Lipinski definition) is 2. The first-order valence-corrected chi connectivity index (χ1v) is 7.55. The number of rotatable bonds is 8. The standard InChI is InChI=1S/C15H27N5O/c1-6-12-14(16-7-2)18-10-19-15(12)20(5)9-13(21)17-8-11(3)4/h10-11H,6-9H2,1-5H3,(H,17,21)(H,16,18,19). The lowest BCUT2D eigenvalue weighted by molar-refractivity contribution is -0.119. The summed E-state index contributed by atoms with van der Waals surface area (Å²) in [5, 5.41) is 6.16. The number of aromatic nitrogens is 2. The number of amides is 1. The molecule has 0 bridgehead atoms. The Labute approximate surface area is 127 Å². The Bertz CT molecular complexity index is 461. The second-order valence-corrected chi connectivity index (χ2v) is 5.46. The minimum atomic E-state index is 0.0110. The van der Waals surface area contributed by atoms with E-state index in [0.717, 1.165) is 30.2 Å². The maximum absolute atomic E-state index is 11.9. The smallest absolute Gasteiger partial charge is 0.239 e. The molecule has 0 atom stereocenters. The van der Waals surface area contributed by atoms with E-state index in [1.165, 1.54) is 6.33 Å². The first-order chi connectivity index (χ1) is 9.99. The van der Waals surface area contributed by atoms with E-state index >= 15 is 0 Å². The van der Waals surface area contributed by atoms with E-state index in [9.17, 15) is 4.79 Å². The average Bonchev–Trinajstić information content (AvgIpc) is 2.45. The van der Waals surface area contributed by atoms with Crippen LogP contribution in [0.4, 0.5) is 11.6 Å². The quantitative estimate of drug-likeness (QED) is 0.763. The Morgan fingerprint density at radius 3 is 2.62 bits per heavy atom. The molecule has 1 amide bonds. The van der Waals surface area contributed by atoms with E-state index in [-0.39, 0.29) is 5.91 Å². The summed E-state index contributed by atoms with van der Waals surface area (Å²) < 4.78 is 0. The van der Waals surface area contributed by atoms with E-state index in [1.54, 1.807) is 0 Å². The number of carbonyl (C=O) groups excluding carboxylic acids is 1. The third-order valence-corrected chi connectivity index (χ3v) is 3.07. The highest BCUT2D eigenvalue weighted by molar-refractivity contribution is 5.81. The van der Waals surface area contributed by atoms with Crippen molar-refractivity contribution in [1.29, 1.82) is 0 Å². The summed E-state index contributed by atoms with van der Waals surface area (Å²) in [6.45, 7) is 10.0. The van der Waals surface area contributed by atoms with Gasteiger partial charge in [-0.25, -0.2) is 9.97 Å². The van der Waals surface area contributed by atoms with Gasteiger partial charge in [0.05, 0.1) is 6.54 Å². The lowest BCUT2D eigenvalue weighted by Crippen LogP contribution is -2.37. The predicted molar refractivity (Wildman–Crippen MR) is 86.7 cm³/mol. The first kappa shape index (κ1) is 17.2. The van der Waals surface area contributed by atoms with Gasteiger partial charge in [0.1, 0.15) is 18.0 Å². The average molecular weight is 293 g/mol. The van der Waals surface area contributed by atoms with Gasteiger partial charge in [-0.05, 0) is 19.3 Å². The minimum Gasteiger partial charge on any atom is -0.370 e. The van der Waals surface area contributed by atoms with Crippen molar-refractivity contribution in [3.63, 3.8) is 0 Å². The summed E-state index contributed by atoms with van der Waals surface area (Å²) >= 11 is 0. The molecule has 0 aliphatic rings. The summed E-state index contributed by atoms with van der Waals surface area (Å²) in [6, 6.07) is 0. The lowest BCUT2D eigenvalue weighted by Gasteiger charge is -2.22. The fraction of sp³-hybridized carbons (Fsp3) is 0.667. The zero-order valence-corrected chi connectivity index (χ0v) is 13.7. The number of hydrogen-bond acceptors (Lipinski definition) is 5. The molecule has 0 saturated carbocycles. The van der Waals surface area contributed by atoms with E-state index in [2.05, 4.69) is 41.4 Å². The van der Waals surface area contributed by atoms with E-state index < -0.39 is 0 Å². The van der Waals surface area contributed by atoms with Crippen molar-refractivity contribution in [2.45, 2.75) is 34.1 Å². The van der Waals surface area contributed by atoms with Gasteiger partial charge in [0.15, 0.2) is 0 Å². The summed E-state index contributed by atoms with van der Waals surface area (Å²) in [6.07, 6.45) is 2.35. The molecule has 1 aromatic heterocycles. The number of likely N-dealkylation sites (N-methyl/N-ethyl adjacent to an activating group) is 1. The van der Waals surface area contributed by atoms with Gasteiger partial charge in [0.2, 0.25) is 5.91 Å². The molecule has 6 nitrogen and oxygen atoms in total. The summed E-state index contributed by atoms with van der Waals surface area (Å²) in [5.74, 6) is 2.12. The van der Waals surface area contributed by atoms with Crippen LogP contribution in [0, 0.1) is 5.92 Å². The highest BCUT2D eigenvalue weighted by atomic mass is 16.2. The summed E-state index contributed by atoms with van der Waals surface area (Å²) in [5.41, 5.74) is 1.04. The van der Waals surface area contributed by atoms with Crippen molar-refractivity contribution in [2.24, 2.45) is 5.92 Å². The van der Waals surface area contributed by atoms with Crippen molar-refractivity contribution in [2.75, 3.05) is 36.9 Å². The second-order valence-electron chi connectivity index (χ2n) is 5.46. The molecule has 0 aliphatic heterocycles. The Hall–Kier alpha value is -1.85. The SMILES string of the molecule is CCNc1ncnc(N(C)CC(=O)NCC(C)C)c1CC. The van der Waals surface area contributed by atoms with Crippen LogP contribution in [0.3, 0.4) is 0 Å². The van der Waals surface area contributed by atoms with Crippen LogP contribution in [0.15, 0.2) is 6.33 Å². The molecule has 0 aromatic carbocycles. The molecule has 1 rings (SSSR count). The molecular weight excluding hydrogens is 266 g/mol. The minimum absolute atomic E-state index is 0.0110. The van der Waals surface area contributed by atoms with Crippen molar-refractivity contribution in [3.05, 3.63) is 11.9 Å². The van der Waals surface area contributed by atoms with Gasteiger partial charge >= 0.3 is 0 Å². The molecule has 118 valence electrons. The number of carbonyl (C=O) groups is 1. The Morgan fingerprint density at radius 1 is 1.33 bits per heavy atom. The molecular formula is C15H27N5O. The molecule has 0 saturated heterocycles. The fourth-order valence-electron chi connectivity index (χ4n) is 2.04. The van der Waals surface area contributed by atoms with Crippen LogP contribution >= 0.6 is 0 Å². The molecule has 1 aromatic rings. The van der Waals surface area contributed by atoms with Gasteiger partial charge in [0, 0.05) is 25.7 Å². The van der Waals surface area contributed by atoms with Crippen LogP contribution in [0.2, 0.25) is 0 Å². The van der Waals surface area contributed by atoms with Crippen LogP contribution in [0.25, 0.3) is 0 Å². The molecule has 0 spiro atoms. The van der Waals surface area contributed by atoms with E-state index in [1.807, 2.05) is 18.9 Å². The molecule has 0 radical (unpaired) electrons. The zero-order chi connectivity index (χ0) is 15.8. The maximum atomic E-state index is 11.9. The summed E-state index contributed by atoms with van der Waals surface area (Å²) in [7, 11) is 1.88. The molecule has 0 fully saturated rings. The van der Waals surface area contributed by atoms with Crippen molar-refractivity contribution >= 4 is 17.5 Å². The highest BCUT2D eigenvalue weighted by Gasteiger charge is 2.15. The topological polar surface area (TPSA) is 70.2 Å². The third kappa shape index (κ3) is 5.21. The van der Waals surface area contributed by atoms with E-state index in [4.69, 9.17) is 0 Å². The first-order valence-electron chi connectivity index (χ1n) is 7.55. The Kier molecular flexibility index (Phi) is 6.91. The third-order valence-electron chi connectivity index (χ3n) is 3.07. The van der Waals surface area contributed by atoms with Crippen molar-refractivity contribution in [1.82, 2.24) is 15.3 Å². The molecule has 0 aliphatic carbocycles. The van der Waals surface area contributed by atoms with Crippen molar-refractivity contribution in [3.8, 4) is 0 Å². The summed E-state index contributed by atoms with van der Waals surface area (Å²) in [4.78, 5) is 22.4. The zero-order valence-electron chi connectivity index (χ0n) is 13.7. The Morgan fingerprint density at radius 2 is 2.05 bits per heavy atom. The van der Waals surface area contributed by atoms with Gasteiger partial charge in [0.25, 0.3) is 0 Å². The predicted octanol–water partition coefficient (Wildman–Crippen LogP) is 1.68. The van der Waals surface area contributed by atoms with Gasteiger partial charge in [-0.1, -0.05) is 20.8 Å². The molecule has 6 heteroatoms. The monoisotopic (exact) mass is 293 g/mol. The normalized spacial score (nSPS) is 10.6. The lowest BCUT2D eigenvalue weighted by atomic mass is 10.2. The van der Waals surface area contributed by atoms with Crippen LogP contribution in [0.5, 0.6) is 0 Å². The maximum Gasteiger partial charge on any atom is 0.239 e. The Balaban J connectivity index is 2.79. The van der Waals surface area contributed by atoms with Gasteiger partial charge in [-0.2, -0.15) is 0 Å². The number of nitrogens with one attached hydrogen (secondary N) is 2. The van der Waals surface area contributed by atoms with Crippen LogP contribution in [-0.2, 0) is 11.2 Å². The van der Waals surface area contributed by atoms with Crippen LogP contribution in [-0.4, -0.2) is 42.6 Å². The number of anilines is 2.